The fourth-order valence-corrected chi connectivity index (χ4v) is 7.72. The molecule has 0 saturated carbocycles. The van der Waals surface area contributed by atoms with Gasteiger partial charge in [0.2, 0.25) is 59.1 Å². The van der Waals surface area contributed by atoms with Gasteiger partial charge in [-0.1, -0.05) is 60.7 Å². The number of likely N-dealkylation sites (tertiary alicyclic amines) is 2. The van der Waals surface area contributed by atoms with Crippen LogP contribution in [-0.4, -0.2) is 167 Å². The number of hydrogen-bond donors (Lipinski definition) is 11. The van der Waals surface area contributed by atoms with Gasteiger partial charge >= 0.3 is 5.97 Å². The Morgan fingerprint density at radius 2 is 1.16 bits per heavy atom. The second-order valence-corrected chi connectivity index (χ2v) is 16.3. The number of primary amides is 1. The number of aliphatic hydroxyl groups is 1. The third kappa shape index (κ3) is 16.1. The standard InChI is InChI=1S/C44H59N11O13/c1-25(56)38(53-41(65)29(50-34(58)21-45)19-27-12-6-3-7-13-27)43(67)48-23-36(60)54-16-9-15-32(54)44(68)55-17-8-14-31(55)42(66)47-22-35(59)51-28(18-26-10-4-2-5-11-26)40(64)52-30(20-33(46)57)39(63)49-24-37(61)62/h2-7,10-13,25,28-32,38,56H,8-9,14-24,45H2,1H3,(H2,46,57)(H,47,66)(H,48,67)(H,49,63)(H,50,58)(H,51,59)(H,52,64)(H,53,65)(H,61,62)/t25-,28+,29+,30+,31+,32+,38+/m1/s1. The minimum Gasteiger partial charge on any atom is -0.480 e. The van der Waals surface area contributed by atoms with Gasteiger partial charge in [0, 0.05) is 25.9 Å². The maximum atomic E-state index is 14.0. The Hall–Kier alpha value is -7.47. The minimum atomic E-state index is -1.57. The molecule has 0 bridgehead atoms. The monoisotopic (exact) mass is 949 g/mol. The summed E-state index contributed by atoms with van der Waals surface area (Å²) in [5.41, 5.74) is 12.0. The Morgan fingerprint density at radius 3 is 1.71 bits per heavy atom. The van der Waals surface area contributed by atoms with E-state index in [0.717, 1.165) is 0 Å². The van der Waals surface area contributed by atoms with Crippen LogP contribution >= 0.6 is 0 Å². The van der Waals surface area contributed by atoms with E-state index in [4.69, 9.17) is 16.6 Å². The molecule has 368 valence electrons. The van der Waals surface area contributed by atoms with Crippen LogP contribution in [0.3, 0.4) is 0 Å². The summed E-state index contributed by atoms with van der Waals surface area (Å²) >= 11 is 0. The van der Waals surface area contributed by atoms with Crippen LogP contribution in [0.5, 0.6) is 0 Å². The average molecular weight is 950 g/mol. The predicted molar refractivity (Wildman–Crippen MR) is 239 cm³/mol. The average Bonchev–Trinajstić information content (AvgIpc) is 4.02. The van der Waals surface area contributed by atoms with Crippen molar-refractivity contribution in [3.05, 3.63) is 71.8 Å². The highest BCUT2D eigenvalue weighted by Crippen LogP contribution is 2.25. The molecule has 0 unspecified atom stereocenters. The summed E-state index contributed by atoms with van der Waals surface area (Å²) in [4.78, 5) is 144. The zero-order valence-electron chi connectivity index (χ0n) is 37.4. The first-order valence-electron chi connectivity index (χ1n) is 22.0. The van der Waals surface area contributed by atoms with E-state index in [9.17, 15) is 57.8 Å². The summed E-state index contributed by atoms with van der Waals surface area (Å²) in [6.45, 7) is -0.877. The number of carboxylic acids is 1. The van der Waals surface area contributed by atoms with E-state index in [1.165, 1.54) is 16.7 Å². The first-order chi connectivity index (χ1) is 32.4. The summed E-state index contributed by atoms with van der Waals surface area (Å²) in [6.07, 6.45) is -0.825. The van der Waals surface area contributed by atoms with Crippen LogP contribution in [0.1, 0.15) is 50.2 Å². The van der Waals surface area contributed by atoms with Crippen LogP contribution in [0.2, 0.25) is 0 Å². The number of carbonyl (C=O) groups excluding carboxylic acids is 10. The Morgan fingerprint density at radius 1 is 0.632 bits per heavy atom. The molecule has 2 aliphatic rings. The number of aliphatic hydroxyl groups excluding tert-OH is 1. The van der Waals surface area contributed by atoms with Crippen LogP contribution in [0.15, 0.2) is 60.7 Å². The molecule has 2 saturated heterocycles. The number of aliphatic carboxylic acids is 1. The van der Waals surface area contributed by atoms with E-state index in [1.807, 2.05) is 0 Å². The lowest BCUT2D eigenvalue weighted by atomic mass is 10.0. The second-order valence-electron chi connectivity index (χ2n) is 16.3. The van der Waals surface area contributed by atoms with Gasteiger partial charge in [-0.3, -0.25) is 52.7 Å². The summed E-state index contributed by atoms with van der Waals surface area (Å²) in [5, 5.41) is 36.1. The molecule has 7 atom stereocenters. The molecular formula is C44H59N11O13. The third-order valence-electron chi connectivity index (χ3n) is 11.1. The molecule has 2 heterocycles. The van der Waals surface area contributed by atoms with E-state index < -0.39 is 140 Å². The highest BCUT2D eigenvalue weighted by atomic mass is 16.4. The van der Waals surface area contributed by atoms with Crippen LogP contribution in [-0.2, 0) is 65.6 Å². The van der Waals surface area contributed by atoms with Crippen molar-refractivity contribution in [1.82, 2.24) is 47.0 Å². The Labute approximate surface area is 391 Å². The molecule has 2 aromatic rings. The molecule has 10 amide bonds. The third-order valence-corrected chi connectivity index (χ3v) is 11.1. The van der Waals surface area contributed by atoms with Crippen LogP contribution < -0.4 is 48.7 Å². The van der Waals surface area contributed by atoms with E-state index >= 15 is 0 Å². The van der Waals surface area contributed by atoms with Crippen LogP contribution in [0, 0.1) is 0 Å². The molecule has 2 fully saturated rings. The number of nitrogens with zero attached hydrogens (tertiary/aromatic N) is 2. The van der Waals surface area contributed by atoms with Crippen LogP contribution in [0.4, 0.5) is 0 Å². The van der Waals surface area contributed by atoms with E-state index in [1.54, 1.807) is 60.7 Å². The molecular weight excluding hydrogens is 891 g/mol. The molecule has 0 spiro atoms. The van der Waals surface area contributed by atoms with Gasteiger partial charge in [0.05, 0.1) is 32.2 Å². The van der Waals surface area contributed by atoms with Gasteiger partial charge in [0.15, 0.2) is 0 Å². The van der Waals surface area contributed by atoms with Crippen molar-refractivity contribution in [1.29, 1.82) is 0 Å². The maximum Gasteiger partial charge on any atom is 0.322 e. The van der Waals surface area contributed by atoms with Gasteiger partial charge in [-0.05, 0) is 43.7 Å². The summed E-state index contributed by atoms with van der Waals surface area (Å²) in [6, 6.07) is 9.53. The van der Waals surface area contributed by atoms with Crippen molar-refractivity contribution in [3.8, 4) is 0 Å². The van der Waals surface area contributed by atoms with Gasteiger partial charge in [-0.15, -0.1) is 0 Å². The Balaban J connectivity index is 1.35. The lowest BCUT2D eigenvalue weighted by molar-refractivity contribution is -0.146. The number of carbonyl (C=O) groups is 11. The largest absolute Gasteiger partial charge is 0.480 e. The molecule has 13 N–H and O–H groups in total. The topological polar surface area (TPSA) is 371 Å². The van der Waals surface area contributed by atoms with Gasteiger partial charge in [-0.25, -0.2) is 0 Å². The zero-order valence-corrected chi connectivity index (χ0v) is 37.4. The number of carboxylic acid groups (broad SMARTS) is 1. The molecule has 0 aliphatic carbocycles. The first kappa shape index (κ1) is 53.1. The predicted octanol–water partition coefficient (Wildman–Crippen LogP) is -4.96. The van der Waals surface area contributed by atoms with E-state index in [0.29, 0.717) is 24.0 Å². The molecule has 24 heteroatoms. The van der Waals surface area contributed by atoms with Gasteiger partial charge < -0.3 is 68.7 Å². The van der Waals surface area contributed by atoms with Gasteiger partial charge in [-0.2, -0.15) is 0 Å². The van der Waals surface area contributed by atoms with Crippen molar-refractivity contribution in [2.75, 3.05) is 39.3 Å². The number of nitrogens with one attached hydrogen (secondary N) is 7. The van der Waals surface area contributed by atoms with Crippen molar-refractivity contribution < 1.29 is 63.0 Å². The van der Waals surface area contributed by atoms with Crippen molar-refractivity contribution in [2.45, 2.75) is 94.2 Å². The number of hydrogen-bond acceptors (Lipinski definition) is 13. The number of amides is 10. The Bertz CT molecular complexity index is 2160. The molecule has 68 heavy (non-hydrogen) atoms. The van der Waals surface area contributed by atoms with Gasteiger partial charge in [0.25, 0.3) is 0 Å². The second kappa shape index (κ2) is 26.0. The first-order valence-corrected chi connectivity index (χ1v) is 22.0. The lowest BCUT2D eigenvalue weighted by Crippen LogP contribution is -2.59. The minimum absolute atomic E-state index is 0.0479. The highest BCUT2D eigenvalue weighted by molar-refractivity contribution is 5.98. The molecule has 4 rings (SSSR count). The summed E-state index contributed by atoms with van der Waals surface area (Å²) in [7, 11) is 0. The van der Waals surface area contributed by atoms with Crippen LogP contribution in [0.25, 0.3) is 0 Å². The SMILES string of the molecule is C[C@@H](O)[C@H](NC(=O)[C@H](Cc1ccccc1)NC(=O)CN)C(=O)NCC(=O)N1CCC[C@H]1C(=O)N1CCC[C@H]1C(=O)NCC(=O)N[C@@H](Cc1ccccc1)C(=O)N[C@@H](CC(N)=O)C(=O)NCC(=O)O. The summed E-state index contributed by atoms with van der Waals surface area (Å²) < 4.78 is 0. The fraction of sp³-hybridized carbons (Fsp3) is 0.477. The zero-order chi connectivity index (χ0) is 49.9. The highest BCUT2D eigenvalue weighted by Gasteiger charge is 2.42. The van der Waals surface area contributed by atoms with Crippen molar-refractivity contribution >= 4 is 65.0 Å². The molecule has 24 nitrogen and oxygen atoms in total. The van der Waals surface area contributed by atoms with Gasteiger partial charge in [0.1, 0.15) is 42.8 Å². The fourth-order valence-electron chi connectivity index (χ4n) is 7.72. The Kier molecular flexibility index (Phi) is 20.3. The maximum absolute atomic E-state index is 14.0. The molecule has 0 aromatic heterocycles. The number of nitrogens with two attached hydrogens (primary N) is 2. The number of rotatable bonds is 24. The number of benzene rings is 2. The van der Waals surface area contributed by atoms with E-state index in [-0.39, 0.29) is 38.8 Å². The smallest absolute Gasteiger partial charge is 0.322 e. The lowest BCUT2D eigenvalue weighted by Gasteiger charge is -2.31. The molecule has 2 aliphatic heterocycles. The van der Waals surface area contributed by atoms with Crippen molar-refractivity contribution in [3.63, 3.8) is 0 Å². The molecule has 2 aromatic carbocycles. The molecule has 0 radical (unpaired) electrons. The quantitative estimate of drug-likeness (QED) is 0.0470. The van der Waals surface area contributed by atoms with Crippen molar-refractivity contribution in [2.24, 2.45) is 11.5 Å². The normalized spacial score (nSPS) is 17.5. The summed E-state index contributed by atoms with van der Waals surface area (Å²) in [5.74, 6) is -9.29. The van der Waals surface area contributed by atoms with E-state index in [2.05, 4.69) is 37.2 Å².